The zero-order chi connectivity index (χ0) is 17.1. The number of benzene rings is 1. The van der Waals surface area contributed by atoms with Crippen LogP contribution in [0.4, 0.5) is 0 Å². The van der Waals surface area contributed by atoms with Crippen molar-refractivity contribution in [2.24, 2.45) is 0 Å². The van der Waals surface area contributed by atoms with Gasteiger partial charge >= 0.3 is 0 Å². The Morgan fingerprint density at radius 2 is 2.00 bits per heavy atom. The number of hydrogen-bond donors (Lipinski definition) is 0. The summed E-state index contributed by atoms with van der Waals surface area (Å²) in [6, 6.07) is 8.21. The van der Waals surface area contributed by atoms with Crippen LogP contribution in [0.15, 0.2) is 33.6 Å². The second kappa shape index (κ2) is 7.40. The number of aromatic nitrogens is 1. The third kappa shape index (κ3) is 3.65. The fraction of sp³-hybridized carbons (Fsp3) is 0.444. The van der Waals surface area contributed by atoms with Crippen LogP contribution in [0.25, 0.3) is 11.5 Å². The maximum atomic E-state index is 12.0. The summed E-state index contributed by atoms with van der Waals surface area (Å²) in [5.74, 6) is 1.66. The molecule has 0 spiro atoms. The minimum absolute atomic E-state index is 0.192. The summed E-state index contributed by atoms with van der Waals surface area (Å²) in [5, 5.41) is 0. The number of nitrogens with zero attached hydrogens (tertiary/aromatic N) is 3. The number of carbonyl (C=O) groups is 1. The van der Waals surface area contributed by atoms with Gasteiger partial charge in [-0.1, -0.05) is 0 Å². The van der Waals surface area contributed by atoms with E-state index in [9.17, 15) is 4.79 Å². The number of oxazole rings is 1. The smallest absolute Gasteiger partial charge is 0.236 e. The van der Waals surface area contributed by atoms with Gasteiger partial charge in [-0.15, -0.1) is 11.8 Å². The van der Waals surface area contributed by atoms with E-state index < -0.39 is 0 Å². The van der Waals surface area contributed by atoms with Gasteiger partial charge in [0.15, 0.2) is 0 Å². The predicted octanol–water partition coefficient (Wildman–Crippen LogP) is 3.04. The van der Waals surface area contributed by atoms with Gasteiger partial charge in [0.05, 0.1) is 12.2 Å². The Kier molecular flexibility index (Phi) is 5.26. The van der Waals surface area contributed by atoms with Gasteiger partial charge in [-0.3, -0.25) is 9.69 Å². The van der Waals surface area contributed by atoms with Crippen molar-refractivity contribution in [2.75, 3.05) is 32.4 Å². The van der Waals surface area contributed by atoms with Crippen LogP contribution >= 0.6 is 11.8 Å². The molecule has 0 radical (unpaired) electrons. The summed E-state index contributed by atoms with van der Waals surface area (Å²) in [4.78, 5) is 21.9. The minimum atomic E-state index is 0.192. The highest BCUT2D eigenvalue weighted by atomic mass is 32.2. The molecule has 0 saturated carbocycles. The number of aryl methyl sites for hydroxylation is 1. The standard InChI is InChI=1S/C18H23N3O2S/c1-4-21-10-9-20(12-17(21)22)11-16-13(2)23-18(19-16)14-5-7-15(24-3)8-6-14/h5-8H,4,9-12H2,1-3H3. The lowest BCUT2D eigenvalue weighted by Gasteiger charge is -2.33. The van der Waals surface area contributed by atoms with E-state index in [-0.39, 0.29) is 5.91 Å². The number of carbonyl (C=O) groups excluding carboxylic acids is 1. The quantitative estimate of drug-likeness (QED) is 0.780. The summed E-state index contributed by atoms with van der Waals surface area (Å²) in [6.45, 7) is 7.51. The van der Waals surface area contributed by atoms with Crippen LogP contribution in [0.1, 0.15) is 18.4 Å². The minimum Gasteiger partial charge on any atom is -0.441 e. The molecule has 128 valence electrons. The molecule has 6 heteroatoms. The number of rotatable bonds is 5. The molecule has 1 aliphatic rings. The first kappa shape index (κ1) is 17.0. The van der Waals surface area contributed by atoms with Crippen LogP contribution in [-0.4, -0.2) is 53.1 Å². The van der Waals surface area contributed by atoms with E-state index in [0.29, 0.717) is 19.0 Å². The summed E-state index contributed by atoms with van der Waals surface area (Å²) in [7, 11) is 0. The lowest BCUT2D eigenvalue weighted by molar-refractivity contribution is -0.135. The average molecular weight is 345 g/mol. The van der Waals surface area contributed by atoms with E-state index in [1.807, 2.05) is 30.9 Å². The third-order valence-electron chi connectivity index (χ3n) is 4.38. The fourth-order valence-electron chi connectivity index (χ4n) is 2.87. The molecule has 1 aromatic heterocycles. The maximum Gasteiger partial charge on any atom is 0.236 e. The Labute approximate surface area is 147 Å². The van der Waals surface area contributed by atoms with Crippen molar-refractivity contribution in [3.05, 3.63) is 35.7 Å². The summed E-state index contributed by atoms with van der Waals surface area (Å²) < 4.78 is 5.84. The second-order valence-electron chi connectivity index (χ2n) is 5.93. The summed E-state index contributed by atoms with van der Waals surface area (Å²) in [6.07, 6.45) is 2.06. The van der Waals surface area contributed by atoms with E-state index in [4.69, 9.17) is 4.42 Å². The second-order valence-corrected chi connectivity index (χ2v) is 6.81. The molecule has 1 amide bonds. The van der Waals surface area contributed by atoms with Gasteiger partial charge in [-0.05, 0) is 44.4 Å². The molecule has 1 fully saturated rings. The Hall–Kier alpha value is -1.79. The van der Waals surface area contributed by atoms with Crippen LogP contribution < -0.4 is 0 Å². The molecule has 0 N–H and O–H groups in total. The fourth-order valence-corrected chi connectivity index (χ4v) is 3.28. The largest absolute Gasteiger partial charge is 0.441 e. The van der Waals surface area contributed by atoms with Crippen LogP contribution in [0, 0.1) is 6.92 Å². The molecular formula is C18H23N3O2S. The van der Waals surface area contributed by atoms with Crippen molar-refractivity contribution in [1.29, 1.82) is 0 Å². The number of amides is 1. The molecule has 2 heterocycles. The number of thioether (sulfide) groups is 1. The van der Waals surface area contributed by atoms with E-state index in [1.54, 1.807) is 11.8 Å². The van der Waals surface area contributed by atoms with Crippen molar-refractivity contribution < 1.29 is 9.21 Å². The van der Waals surface area contributed by atoms with Crippen molar-refractivity contribution >= 4 is 17.7 Å². The van der Waals surface area contributed by atoms with Gasteiger partial charge in [0.1, 0.15) is 5.76 Å². The normalized spacial score (nSPS) is 16.0. The lowest BCUT2D eigenvalue weighted by Crippen LogP contribution is -2.49. The summed E-state index contributed by atoms with van der Waals surface area (Å²) >= 11 is 1.71. The van der Waals surface area contributed by atoms with Crippen molar-refractivity contribution in [1.82, 2.24) is 14.8 Å². The predicted molar refractivity (Wildman–Crippen MR) is 96.0 cm³/mol. The van der Waals surface area contributed by atoms with Crippen molar-refractivity contribution in [2.45, 2.75) is 25.3 Å². The molecule has 5 nitrogen and oxygen atoms in total. The molecule has 0 bridgehead atoms. The van der Waals surface area contributed by atoms with E-state index in [0.717, 1.165) is 36.7 Å². The van der Waals surface area contributed by atoms with Crippen LogP contribution in [-0.2, 0) is 11.3 Å². The molecule has 0 unspecified atom stereocenters. The molecule has 0 aliphatic carbocycles. The van der Waals surface area contributed by atoms with E-state index >= 15 is 0 Å². The first-order chi connectivity index (χ1) is 11.6. The molecule has 1 saturated heterocycles. The molecule has 2 aromatic rings. The SMILES string of the molecule is CCN1CCN(Cc2nc(-c3ccc(SC)cc3)oc2C)CC1=O. The van der Waals surface area contributed by atoms with Gasteiger partial charge < -0.3 is 9.32 Å². The zero-order valence-electron chi connectivity index (χ0n) is 14.4. The Morgan fingerprint density at radius 3 is 2.62 bits per heavy atom. The number of piperazine rings is 1. The van der Waals surface area contributed by atoms with Gasteiger partial charge in [-0.25, -0.2) is 4.98 Å². The molecule has 24 heavy (non-hydrogen) atoms. The topological polar surface area (TPSA) is 49.6 Å². The summed E-state index contributed by atoms with van der Waals surface area (Å²) in [5.41, 5.74) is 1.89. The highest BCUT2D eigenvalue weighted by Gasteiger charge is 2.24. The van der Waals surface area contributed by atoms with E-state index in [2.05, 4.69) is 28.3 Å². The molecule has 3 rings (SSSR count). The monoisotopic (exact) mass is 345 g/mol. The first-order valence-corrected chi connectivity index (χ1v) is 9.44. The van der Waals surface area contributed by atoms with Crippen LogP contribution in [0.5, 0.6) is 0 Å². The molecule has 1 aliphatic heterocycles. The van der Waals surface area contributed by atoms with Crippen molar-refractivity contribution in [3.8, 4) is 11.5 Å². The molecule has 0 atom stereocenters. The lowest BCUT2D eigenvalue weighted by atomic mass is 10.2. The maximum absolute atomic E-state index is 12.0. The Bertz CT molecular complexity index is 712. The van der Waals surface area contributed by atoms with Gasteiger partial charge in [0, 0.05) is 36.6 Å². The van der Waals surface area contributed by atoms with E-state index in [1.165, 1.54) is 4.90 Å². The molecular weight excluding hydrogens is 322 g/mol. The van der Waals surface area contributed by atoms with Gasteiger partial charge in [-0.2, -0.15) is 0 Å². The zero-order valence-corrected chi connectivity index (χ0v) is 15.2. The number of likely N-dealkylation sites (N-methyl/N-ethyl adjacent to an activating group) is 1. The highest BCUT2D eigenvalue weighted by molar-refractivity contribution is 7.98. The Morgan fingerprint density at radius 1 is 1.25 bits per heavy atom. The van der Waals surface area contributed by atoms with Gasteiger partial charge in [0.25, 0.3) is 0 Å². The highest BCUT2D eigenvalue weighted by Crippen LogP contribution is 2.25. The van der Waals surface area contributed by atoms with Crippen molar-refractivity contribution in [3.63, 3.8) is 0 Å². The third-order valence-corrected chi connectivity index (χ3v) is 5.13. The van der Waals surface area contributed by atoms with Crippen LogP contribution in [0.2, 0.25) is 0 Å². The van der Waals surface area contributed by atoms with Gasteiger partial charge in [0.2, 0.25) is 11.8 Å². The first-order valence-electron chi connectivity index (χ1n) is 8.21. The Balaban J connectivity index is 1.71. The van der Waals surface area contributed by atoms with Crippen LogP contribution in [0.3, 0.4) is 0 Å². The average Bonchev–Trinajstić information content (AvgIpc) is 2.96. The molecule has 1 aromatic carbocycles. The number of hydrogen-bond acceptors (Lipinski definition) is 5.